The molecule has 1 aliphatic heterocycles. The largest absolute Gasteiger partial charge is 0.389 e. The molecule has 0 aromatic carbocycles. The SMILES string of the molecule is CCc1ccc(CN2CC(O)CO2)s1. The second kappa shape index (κ2) is 4.40. The molecule has 0 radical (unpaired) electrons. The number of hydroxylamine groups is 2. The first kappa shape index (κ1) is 10.1. The topological polar surface area (TPSA) is 32.7 Å². The van der Waals surface area contributed by atoms with Crippen molar-refractivity contribution in [1.82, 2.24) is 5.06 Å². The van der Waals surface area contributed by atoms with Gasteiger partial charge in [0, 0.05) is 9.75 Å². The molecule has 1 aliphatic rings. The minimum atomic E-state index is -0.319. The van der Waals surface area contributed by atoms with E-state index < -0.39 is 0 Å². The molecule has 1 aromatic rings. The lowest BCUT2D eigenvalue weighted by atomic mass is 10.3. The summed E-state index contributed by atoms with van der Waals surface area (Å²) >= 11 is 1.82. The molecular weight excluding hydrogens is 198 g/mol. The average Bonchev–Trinajstić information content (AvgIpc) is 2.76. The van der Waals surface area contributed by atoms with Crippen molar-refractivity contribution in [2.75, 3.05) is 13.2 Å². The summed E-state index contributed by atoms with van der Waals surface area (Å²) in [5, 5.41) is 11.1. The third-order valence-electron chi connectivity index (χ3n) is 2.26. The fraction of sp³-hybridized carbons (Fsp3) is 0.600. The van der Waals surface area contributed by atoms with Crippen LogP contribution in [-0.4, -0.2) is 29.4 Å². The van der Waals surface area contributed by atoms with Crippen LogP contribution in [0, 0.1) is 0 Å². The van der Waals surface area contributed by atoms with Crippen molar-refractivity contribution < 1.29 is 9.94 Å². The predicted octanol–water partition coefficient (Wildman–Crippen LogP) is 1.42. The van der Waals surface area contributed by atoms with Crippen LogP contribution >= 0.6 is 11.3 Å². The quantitative estimate of drug-likeness (QED) is 0.824. The molecule has 2 heterocycles. The Morgan fingerprint density at radius 3 is 2.93 bits per heavy atom. The molecule has 14 heavy (non-hydrogen) atoms. The van der Waals surface area contributed by atoms with E-state index in [0.29, 0.717) is 13.2 Å². The maximum atomic E-state index is 9.27. The van der Waals surface area contributed by atoms with Crippen LogP contribution in [-0.2, 0) is 17.8 Å². The van der Waals surface area contributed by atoms with Crippen molar-refractivity contribution in [2.24, 2.45) is 0 Å². The summed E-state index contributed by atoms with van der Waals surface area (Å²) in [5.74, 6) is 0. The number of aryl methyl sites for hydroxylation is 1. The first-order valence-electron chi connectivity index (χ1n) is 4.91. The number of rotatable bonds is 3. The van der Waals surface area contributed by atoms with E-state index in [1.807, 2.05) is 16.4 Å². The van der Waals surface area contributed by atoms with Gasteiger partial charge in [-0.2, -0.15) is 5.06 Å². The highest BCUT2D eigenvalue weighted by Gasteiger charge is 2.21. The number of aliphatic hydroxyl groups is 1. The standard InChI is InChI=1S/C10H15NO2S/c1-2-9-3-4-10(14-9)6-11-5-8(12)7-13-11/h3-4,8,12H,2,5-7H2,1H3. The fourth-order valence-electron chi connectivity index (χ4n) is 1.51. The Morgan fingerprint density at radius 2 is 2.36 bits per heavy atom. The second-order valence-electron chi connectivity index (χ2n) is 3.49. The lowest BCUT2D eigenvalue weighted by Gasteiger charge is -2.11. The lowest BCUT2D eigenvalue weighted by Crippen LogP contribution is -2.19. The monoisotopic (exact) mass is 213 g/mol. The third kappa shape index (κ3) is 2.33. The highest BCUT2D eigenvalue weighted by Crippen LogP contribution is 2.20. The van der Waals surface area contributed by atoms with Gasteiger partial charge in [0.15, 0.2) is 0 Å². The number of thiophene rings is 1. The van der Waals surface area contributed by atoms with Gasteiger partial charge in [-0.05, 0) is 18.6 Å². The van der Waals surface area contributed by atoms with Gasteiger partial charge in [-0.25, -0.2) is 0 Å². The molecular formula is C10H15NO2S. The number of hydrogen-bond acceptors (Lipinski definition) is 4. The summed E-state index contributed by atoms with van der Waals surface area (Å²) in [6.45, 7) is 4.01. The Hall–Kier alpha value is -0.420. The number of hydrogen-bond donors (Lipinski definition) is 1. The Morgan fingerprint density at radius 1 is 1.57 bits per heavy atom. The van der Waals surface area contributed by atoms with Gasteiger partial charge in [-0.15, -0.1) is 11.3 Å². The van der Waals surface area contributed by atoms with Crippen molar-refractivity contribution in [3.05, 3.63) is 21.9 Å². The van der Waals surface area contributed by atoms with Crippen LogP contribution in [0.25, 0.3) is 0 Å². The molecule has 0 spiro atoms. The van der Waals surface area contributed by atoms with Crippen molar-refractivity contribution >= 4 is 11.3 Å². The Kier molecular flexibility index (Phi) is 3.18. The third-order valence-corrected chi connectivity index (χ3v) is 3.48. The summed E-state index contributed by atoms with van der Waals surface area (Å²) in [5.41, 5.74) is 0. The molecule has 0 bridgehead atoms. The van der Waals surface area contributed by atoms with E-state index >= 15 is 0 Å². The van der Waals surface area contributed by atoms with Gasteiger partial charge in [0.1, 0.15) is 0 Å². The second-order valence-corrected chi connectivity index (χ2v) is 4.75. The van der Waals surface area contributed by atoms with Crippen molar-refractivity contribution in [1.29, 1.82) is 0 Å². The van der Waals surface area contributed by atoms with Crippen LogP contribution in [0.4, 0.5) is 0 Å². The summed E-state index contributed by atoms with van der Waals surface area (Å²) in [6.07, 6.45) is 0.773. The summed E-state index contributed by atoms with van der Waals surface area (Å²) in [7, 11) is 0. The van der Waals surface area contributed by atoms with Crippen LogP contribution in [0.2, 0.25) is 0 Å². The van der Waals surface area contributed by atoms with Crippen molar-refractivity contribution in [3.8, 4) is 0 Å². The molecule has 0 amide bonds. The van der Waals surface area contributed by atoms with E-state index in [2.05, 4.69) is 19.1 Å². The number of β-amino-alcohol motifs (C(OH)–C–C–N with tert-alkyl or cyclic N) is 1. The lowest BCUT2D eigenvalue weighted by molar-refractivity contribution is -0.117. The minimum absolute atomic E-state index is 0.319. The zero-order valence-electron chi connectivity index (χ0n) is 8.27. The van der Waals surface area contributed by atoms with E-state index in [-0.39, 0.29) is 6.10 Å². The van der Waals surface area contributed by atoms with Gasteiger partial charge in [-0.3, -0.25) is 4.84 Å². The molecule has 3 nitrogen and oxygen atoms in total. The van der Waals surface area contributed by atoms with Crippen LogP contribution in [0.1, 0.15) is 16.7 Å². The fourth-order valence-corrected chi connectivity index (χ4v) is 2.48. The smallest absolute Gasteiger partial charge is 0.0958 e. The molecule has 4 heteroatoms. The zero-order valence-corrected chi connectivity index (χ0v) is 9.09. The highest BCUT2D eigenvalue weighted by molar-refractivity contribution is 7.11. The number of aliphatic hydroxyl groups excluding tert-OH is 1. The van der Waals surface area contributed by atoms with Crippen molar-refractivity contribution in [3.63, 3.8) is 0 Å². The predicted molar refractivity (Wildman–Crippen MR) is 56.1 cm³/mol. The molecule has 1 atom stereocenters. The summed E-state index contributed by atoms with van der Waals surface area (Å²) in [4.78, 5) is 8.01. The molecule has 1 saturated heterocycles. The van der Waals surface area contributed by atoms with Gasteiger partial charge < -0.3 is 5.11 Å². The normalized spacial score (nSPS) is 23.1. The van der Waals surface area contributed by atoms with Crippen LogP contribution in [0.15, 0.2) is 12.1 Å². The molecule has 78 valence electrons. The highest BCUT2D eigenvalue weighted by atomic mass is 32.1. The van der Waals surface area contributed by atoms with Crippen LogP contribution < -0.4 is 0 Å². The van der Waals surface area contributed by atoms with E-state index in [1.54, 1.807) is 0 Å². The molecule has 0 aliphatic carbocycles. The first-order chi connectivity index (χ1) is 6.78. The van der Waals surface area contributed by atoms with Gasteiger partial charge >= 0.3 is 0 Å². The summed E-state index contributed by atoms with van der Waals surface area (Å²) in [6, 6.07) is 4.30. The first-order valence-corrected chi connectivity index (χ1v) is 5.73. The average molecular weight is 213 g/mol. The zero-order chi connectivity index (χ0) is 9.97. The van der Waals surface area contributed by atoms with E-state index in [9.17, 15) is 5.11 Å². The van der Waals surface area contributed by atoms with Gasteiger partial charge in [0.2, 0.25) is 0 Å². The molecule has 2 rings (SSSR count). The Labute approximate surface area is 87.9 Å². The van der Waals surface area contributed by atoms with E-state index in [1.165, 1.54) is 9.75 Å². The number of nitrogens with zero attached hydrogens (tertiary/aromatic N) is 1. The maximum absolute atomic E-state index is 9.27. The van der Waals surface area contributed by atoms with Crippen LogP contribution in [0.5, 0.6) is 0 Å². The van der Waals surface area contributed by atoms with Crippen LogP contribution in [0.3, 0.4) is 0 Å². The Balaban J connectivity index is 1.90. The van der Waals surface area contributed by atoms with Crippen molar-refractivity contribution in [2.45, 2.75) is 26.0 Å². The van der Waals surface area contributed by atoms with E-state index in [0.717, 1.165) is 13.0 Å². The van der Waals surface area contributed by atoms with E-state index in [4.69, 9.17) is 4.84 Å². The molecule has 1 N–H and O–H groups in total. The molecule has 1 fully saturated rings. The van der Waals surface area contributed by atoms with Gasteiger partial charge in [0.25, 0.3) is 0 Å². The molecule has 1 aromatic heterocycles. The summed E-state index contributed by atoms with van der Waals surface area (Å²) < 4.78 is 0. The molecule has 0 saturated carbocycles. The van der Waals surface area contributed by atoms with Gasteiger partial charge in [-0.1, -0.05) is 6.92 Å². The maximum Gasteiger partial charge on any atom is 0.0958 e. The minimum Gasteiger partial charge on any atom is -0.389 e. The molecule has 1 unspecified atom stereocenters. The van der Waals surface area contributed by atoms with Gasteiger partial charge in [0.05, 0.1) is 25.8 Å². The Bertz CT molecular complexity index is 300.